The highest BCUT2D eigenvalue weighted by atomic mass is 32.2. The van der Waals surface area contributed by atoms with Gasteiger partial charge in [-0.1, -0.05) is 36.4 Å². The van der Waals surface area contributed by atoms with E-state index >= 15 is 0 Å². The number of fused-ring (bicyclic) bond motifs is 1. The molecule has 8 heteroatoms. The number of thioether (sulfide) groups is 1. The molecule has 4 aromatic carbocycles. The summed E-state index contributed by atoms with van der Waals surface area (Å²) in [7, 11) is -2.18. The van der Waals surface area contributed by atoms with Gasteiger partial charge in [-0.3, -0.25) is 9.52 Å². The molecule has 1 atom stereocenters. The molecule has 0 spiro atoms. The Balaban J connectivity index is 1.42. The van der Waals surface area contributed by atoms with Gasteiger partial charge in [0.1, 0.15) is 5.75 Å². The van der Waals surface area contributed by atoms with E-state index < -0.39 is 10.0 Å². The van der Waals surface area contributed by atoms with Crippen molar-refractivity contribution in [2.24, 2.45) is 0 Å². The van der Waals surface area contributed by atoms with E-state index in [9.17, 15) is 13.2 Å². The van der Waals surface area contributed by atoms with Crippen LogP contribution in [0.2, 0.25) is 0 Å². The summed E-state index contributed by atoms with van der Waals surface area (Å²) in [6, 6.07) is 26.7. The molecule has 2 N–H and O–H groups in total. The van der Waals surface area contributed by atoms with Crippen LogP contribution in [-0.4, -0.2) is 26.7 Å². The molecule has 0 bridgehead atoms. The topological polar surface area (TPSA) is 84.5 Å². The van der Waals surface area contributed by atoms with Gasteiger partial charge in [0.2, 0.25) is 5.91 Å². The Morgan fingerprint density at radius 2 is 1.56 bits per heavy atom. The number of amides is 1. The van der Waals surface area contributed by atoms with Gasteiger partial charge in [-0.25, -0.2) is 8.42 Å². The van der Waals surface area contributed by atoms with Gasteiger partial charge >= 0.3 is 0 Å². The number of methoxy groups -OCH3 is 1. The van der Waals surface area contributed by atoms with Gasteiger partial charge in [0.15, 0.2) is 0 Å². The van der Waals surface area contributed by atoms with E-state index in [0.717, 1.165) is 21.4 Å². The van der Waals surface area contributed by atoms with Crippen molar-refractivity contribution in [3.8, 4) is 5.75 Å². The minimum Gasteiger partial charge on any atom is -0.497 e. The van der Waals surface area contributed by atoms with Crippen LogP contribution in [0.25, 0.3) is 10.8 Å². The molecule has 0 radical (unpaired) electrons. The van der Waals surface area contributed by atoms with Crippen molar-refractivity contribution < 1.29 is 17.9 Å². The first kappa shape index (κ1) is 23.7. The van der Waals surface area contributed by atoms with E-state index in [1.54, 1.807) is 25.3 Å². The zero-order valence-electron chi connectivity index (χ0n) is 18.7. The van der Waals surface area contributed by atoms with E-state index in [1.807, 2.05) is 67.6 Å². The van der Waals surface area contributed by atoms with Crippen LogP contribution in [0, 0.1) is 0 Å². The molecule has 34 heavy (non-hydrogen) atoms. The average molecular weight is 493 g/mol. The highest BCUT2D eigenvalue weighted by Gasteiger charge is 2.17. The highest BCUT2D eigenvalue weighted by Crippen LogP contribution is 2.28. The quantitative estimate of drug-likeness (QED) is 0.305. The second-order valence-electron chi connectivity index (χ2n) is 7.58. The molecule has 0 unspecified atom stereocenters. The molecule has 0 saturated heterocycles. The summed E-state index contributed by atoms with van der Waals surface area (Å²) in [6.45, 7) is 1.82. The largest absolute Gasteiger partial charge is 0.497 e. The third kappa shape index (κ3) is 5.52. The van der Waals surface area contributed by atoms with Gasteiger partial charge in [-0.05, 0) is 66.9 Å². The molecule has 0 aliphatic carbocycles. The fraction of sp³-hybridized carbons (Fsp3) is 0.115. The number of ether oxygens (including phenoxy) is 1. The fourth-order valence-electron chi connectivity index (χ4n) is 3.39. The Bertz CT molecular complexity index is 1400. The number of nitrogens with one attached hydrogen (secondary N) is 2. The Kier molecular flexibility index (Phi) is 7.09. The maximum absolute atomic E-state index is 12.9. The van der Waals surface area contributed by atoms with Crippen LogP contribution in [0.1, 0.15) is 6.92 Å². The van der Waals surface area contributed by atoms with Gasteiger partial charge < -0.3 is 10.1 Å². The number of sulfonamides is 1. The molecule has 6 nitrogen and oxygen atoms in total. The third-order valence-electron chi connectivity index (χ3n) is 5.21. The minimum absolute atomic E-state index is 0.110. The van der Waals surface area contributed by atoms with Gasteiger partial charge in [0.05, 0.1) is 22.9 Å². The van der Waals surface area contributed by atoms with Crippen LogP contribution in [0.4, 0.5) is 11.4 Å². The second-order valence-corrected chi connectivity index (χ2v) is 10.7. The normalized spacial score (nSPS) is 12.2. The Morgan fingerprint density at radius 3 is 2.26 bits per heavy atom. The van der Waals surface area contributed by atoms with Gasteiger partial charge in [0.25, 0.3) is 10.0 Å². The number of anilines is 2. The lowest BCUT2D eigenvalue weighted by Crippen LogP contribution is -2.22. The number of benzene rings is 4. The highest BCUT2D eigenvalue weighted by molar-refractivity contribution is 8.00. The standard InChI is InChI=1S/C26H24N2O4S2/c1-18(33-22-14-12-21(32-2)13-15-22)26(29)27-20-10-16-23(17-11-20)34(30,31)28-25-9-5-7-19-6-3-4-8-24(19)25/h3-18,28H,1-2H3,(H,27,29)/t18-/m1/s1. The number of hydrogen-bond donors (Lipinski definition) is 2. The first-order valence-electron chi connectivity index (χ1n) is 10.6. The van der Waals surface area contributed by atoms with E-state index in [2.05, 4.69) is 10.0 Å². The number of carbonyl (C=O) groups excluding carboxylic acids is 1. The van der Waals surface area contributed by atoms with E-state index in [-0.39, 0.29) is 16.1 Å². The predicted octanol–water partition coefficient (Wildman–Crippen LogP) is 5.77. The van der Waals surface area contributed by atoms with E-state index in [4.69, 9.17) is 4.74 Å². The lowest BCUT2D eigenvalue weighted by Gasteiger charge is -2.13. The Labute approximate surface area is 203 Å². The number of rotatable bonds is 8. The lowest BCUT2D eigenvalue weighted by atomic mass is 10.1. The first-order valence-corrected chi connectivity index (χ1v) is 12.9. The maximum atomic E-state index is 12.9. The molecular formula is C26H24N2O4S2. The molecule has 0 fully saturated rings. The van der Waals surface area contributed by atoms with Crippen molar-refractivity contribution in [2.45, 2.75) is 22.0 Å². The van der Waals surface area contributed by atoms with Gasteiger partial charge in [0, 0.05) is 16.0 Å². The Morgan fingerprint density at radius 1 is 0.882 bits per heavy atom. The first-order chi connectivity index (χ1) is 16.4. The maximum Gasteiger partial charge on any atom is 0.261 e. The van der Waals surface area contributed by atoms with Crippen LogP contribution in [0.15, 0.2) is 101 Å². The summed E-state index contributed by atoms with van der Waals surface area (Å²) >= 11 is 1.43. The second kappa shape index (κ2) is 10.2. The molecule has 0 aromatic heterocycles. The fourth-order valence-corrected chi connectivity index (χ4v) is 5.34. The third-order valence-corrected chi connectivity index (χ3v) is 7.70. The molecule has 0 saturated carbocycles. The smallest absolute Gasteiger partial charge is 0.261 e. The molecular weight excluding hydrogens is 468 g/mol. The monoisotopic (exact) mass is 492 g/mol. The minimum atomic E-state index is -3.79. The molecule has 0 heterocycles. The summed E-state index contributed by atoms with van der Waals surface area (Å²) in [6.07, 6.45) is 0. The summed E-state index contributed by atoms with van der Waals surface area (Å²) in [5, 5.41) is 4.26. The lowest BCUT2D eigenvalue weighted by molar-refractivity contribution is -0.115. The zero-order valence-corrected chi connectivity index (χ0v) is 20.3. The Hall–Kier alpha value is -3.49. The van der Waals surface area contributed by atoms with Crippen molar-refractivity contribution >= 4 is 49.8 Å². The molecule has 174 valence electrons. The zero-order chi connectivity index (χ0) is 24.1. The molecule has 0 aliphatic rings. The summed E-state index contributed by atoms with van der Waals surface area (Å²) in [4.78, 5) is 13.7. The van der Waals surface area contributed by atoms with Crippen LogP contribution in [0.3, 0.4) is 0 Å². The van der Waals surface area contributed by atoms with Crippen molar-refractivity contribution in [3.63, 3.8) is 0 Å². The van der Waals surface area contributed by atoms with Crippen molar-refractivity contribution in [1.82, 2.24) is 0 Å². The van der Waals surface area contributed by atoms with Gasteiger partial charge in [-0.2, -0.15) is 0 Å². The van der Waals surface area contributed by atoms with Crippen molar-refractivity contribution in [1.29, 1.82) is 0 Å². The molecule has 1 amide bonds. The number of hydrogen-bond acceptors (Lipinski definition) is 5. The van der Waals surface area contributed by atoms with Crippen molar-refractivity contribution in [2.75, 3.05) is 17.1 Å². The molecule has 4 rings (SSSR count). The van der Waals surface area contributed by atoms with E-state index in [0.29, 0.717) is 11.4 Å². The average Bonchev–Trinajstić information content (AvgIpc) is 2.85. The van der Waals surface area contributed by atoms with Crippen molar-refractivity contribution in [3.05, 3.63) is 91.0 Å². The molecule has 4 aromatic rings. The van der Waals surface area contributed by atoms with Crippen LogP contribution >= 0.6 is 11.8 Å². The van der Waals surface area contributed by atoms with Crippen LogP contribution in [0.5, 0.6) is 5.75 Å². The summed E-state index contributed by atoms with van der Waals surface area (Å²) in [5.74, 6) is 0.580. The predicted molar refractivity (Wildman–Crippen MR) is 138 cm³/mol. The van der Waals surface area contributed by atoms with Crippen LogP contribution < -0.4 is 14.8 Å². The van der Waals surface area contributed by atoms with Gasteiger partial charge in [-0.15, -0.1) is 11.8 Å². The SMILES string of the molecule is COc1ccc(S[C@H](C)C(=O)Nc2ccc(S(=O)(=O)Nc3cccc4ccccc34)cc2)cc1. The van der Waals surface area contributed by atoms with E-state index in [1.165, 1.54) is 23.9 Å². The summed E-state index contributed by atoms with van der Waals surface area (Å²) < 4.78 is 33.7. The molecule has 0 aliphatic heterocycles. The number of carbonyl (C=O) groups is 1. The van der Waals surface area contributed by atoms with Crippen LogP contribution in [-0.2, 0) is 14.8 Å². The summed E-state index contributed by atoms with van der Waals surface area (Å²) in [5.41, 5.74) is 1.04.